The van der Waals surface area contributed by atoms with Crippen LogP contribution in [-0.4, -0.2) is 64.8 Å². The fourth-order valence-electron chi connectivity index (χ4n) is 3.42. The molecule has 2 aliphatic heterocycles. The molecule has 1 aromatic carbocycles. The molecule has 0 unspecified atom stereocenters. The fourth-order valence-corrected chi connectivity index (χ4v) is 8.45. The van der Waals surface area contributed by atoms with Gasteiger partial charge < -0.3 is 0 Å². The van der Waals surface area contributed by atoms with Gasteiger partial charge in [0.05, 0.1) is 33.9 Å². The molecule has 1 N–H and O–H groups in total. The Hall–Kier alpha value is -1.01. The molecule has 152 valence electrons. The van der Waals surface area contributed by atoms with E-state index in [-0.39, 0.29) is 34.3 Å². The standard InChI is InChI=1S/C16H24N2O6S3/c1-2-13-3-5-16(6-4-13)27(23,24)18(15-8-10-26(21,22)12-15)17-14-7-9-25(19,20)11-14/h3-6,14-15,17H,2,7-12H2,1H3/t14-,15-/m1/s1. The number of benzene rings is 1. The SMILES string of the molecule is CCc1ccc(S(=O)(=O)N(N[C@@H]2CCS(=O)(=O)C2)[C@@H]2CCS(=O)(=O)C2)cc1. The van der Waals surface area contributed by atoms with Gasteiger partial charge in [-0.1, -0.05) is 19.1 Å². The van der Waals surface area contributed by atoms with Crippen LogP contribution in [0, 0.1) is 0 Å². The highest BCUT2D eigenvalue weighted by Gasteiger charge is 2.41. The van der Waals surface area contributed by atoms with E-state index in [2.05, 4.69) is 5.43 Å². The maximum Gasteiger partial charge on any atom is 0.256 e. The zero-order chi connectivity index (χ0) is 19.9. The van der Waals surface area contributed by atoms with Crippen LogP contribution >= 0.6 is 0 Å². The van der Waals surface area contributed by atoms with Gasteiger partial charge in [-0.05, 0) is 37.0 Å². The van der Waals surface area contributed by atoms with Crippen LogP contribution in [0.3, 0.4) is 0 Å². The monoisotopic (exact) mass is 436 g/mol. The fraction of sp³-hybridized carbons (Fsp3) is 0.625. The van der Waals surface area contributed by atoms with Crippen molar-refractivity contribution in [2.24, 2.45) is 0 Å². The van der Waals surface area contributed by atoms with Gasteiger partial charge in [0.15, 0.2) is 19.7 Å². The van der Waals surface area contributed by atoms with Crippen molar-refractivity contribution in [1.82, 2.24) is 9.84 Å². The van der Waals surface area contributed by atoms with Crippen molar-refractivity contribution in [3.63, 3.8) is 0 Å². The summed E-state index contributed by atoms with van der Waals surface area (Å²) < 4.78 is 74.6. The molecule has 0 amide bonds. The first kappa shape index (κ1) is 20.7. The van der Waals surface area contributed by atoms with Crippen LogP contribution in [0.15, 0.2) is 29.2 Å². The van der Waals surface area contributed by atoms with Gasteiger partial charge >= 0.3 is 0 Å². The summed E-state index contributed by atoms with van der Waals surface area (Å²) in [5.41, 5.74) is 3.81. The minimum Gasteiger partial charge on any atom is -0.237 e. The first-order valence-electron chi connectivity index (χ1n) is 8.83. The third kappa shape index (κ3) is 4.70. The van der Waals surface area contributed by atoms with Gasteiger partial charge in [0.25, 0.3) is 10.0 Å². The van der Waals surface area contributed by atoms with Gasteiger partial charge in [0, 0.05) is 6.04 Å². The van der Waals surface area contributed by atoms with Gasteiger partial charge in [-0.2, -0.15) is 0 Å². The van der Waals surface area contributed by atoms with E-state index in [1.165, 1.54) is 12.1 Å². The van der Waals surface area contributed by atoms with Gasteiger partial charge in [-0.15, -0.1) is 4.41 Å². The summed E-state index contributed by atoms with van der Waals surface area (Å²) in [5, 5.41) is 0. The Morgan fingerprint density at radius 2 is 1.59 bits per heavy atom. The highest BCUT2D eigenvalue weighted by atomic mass is 32.2. The van der Waals surface area contributed by atoms with Crippen molar-refractivity contribution in [3.8, 4) is 0 Å². The number of nitrogens with one attached hydrogen (secondary N) is 1. The number of hydrazine groups is 1. The van der Waals surface area contributed by atoms with Gasteiger partial charge in [0.2, 0.25) is 0 Å². The van der Waals surface area contributed by atoms with E-state index < -0.39 is 41.8 Å². The Bertz CT molecular complexity index is 1000. The molecule has 0 bridgehead atoms. The molecule has 0 radical (unpaired) electrons. The summed E-state index contributed by atoms with van der Waals surface area (Å²) in [4.78, 5) is 0.0531. The van der Waals surface area contributed by atoms with Crippen LogP contribution in [0.1, 0.15) is 25.3 Å². The highest BCUT2D eigenvalue weighted by Crippen LogP contribution is 2.25. The minimum atomic E-state index is -4.02. The molecular weight excluding hydrogens is 412 g/mol. The topological polar surface area (TPSA) is 118 Å². The molecule has 0 spiro atoms. The first-order valence-corrected chi connectivity index (χ1v) is 13.9. The van der Waals surface area contributed by atoms with E-state index >= 15 is 0 Å². The molecule has 27 heavy (non-hydrogen) atoms. The second-order valence-corrected chi connectivity index (χ2v) is 13.4. The van der Waals surface area contributed by atoms with Crippen LogP contribution in [0.25, 0.3) is 0 Å². The summed E-state index contributed by atoms with van der Waals surface area (Å²) in [5.74, 6) is -0.519. The summed E-state index contributed by atoms with van der Waals surface area (Å²) >= 11 is 0. The lowest BCUT2D eigenvalue weighted by atomic mass is 10.2. The zero-order valence-electron chi connectivity index (χ0n) is 15.0. The van der Waals surface area contributed by atoms with Gasteiger partial charge in [0.1, 0.15) is 0 Å². The molecule has 1 aromatic rings. The molecule has 8 nitrogen and oxygen atoms in total. The van der Waals surface area contributed by atoms with Crippen molar-refractivity contribution >= 4 is 29.7 Å². The molecule has 3 rings (SSSR count). The second-order valence-electron chi connectivity index (χ2n) is 7.08. The lowest BCUT2D eigenvalue weighted by molar-refractivity contribution is 0.229. The molecular formula is C16H24N2O6S3. The third-order valence-corrected chi connectivity index (χ3v) is 10.3. The maximum atomic E-state index is 13.2. The Balaban J connectivity index is 1.92. The lowest BCUT2D eigenvalue weighted by Gasteiger charge is -2.30. The molecule has 0 aromatic heterocycles. The summed E-state index contributed by atoms with van der Waals surface area (Å²) in [6.07, 6.45) is 1.24. The molecule has 0 saturated carbocycles. The summed E-state index contributed by atoms with van der Waals surface area (Å²) in [6, 6.07) is 5.12. The Morgan fingerprint density at radius 1 is 1.00 bits per heavy atom. The van der Waals surface area contributed by atoms with E-state index in [1.807, 2.05) is 6.92 Å². The number of sulfonamides is 1. The Labute approximate surface area is 160 Å². The van der Waals surface area contributed by atoms with Crippen molar-refractivity contribution in [1.29, 1.82) is 0 Å². The van der Waals surface area contributed by atoms with E-state index in [4.69, 9.17) is 0 Å². The van der Waals surface area contributed by atoms with E-state index in [1.54, 1.807) is 12.1 Å². The lowest BCUT2D eigenvalue weighted by Crippen LogP contribution is -2.54. The van der Waals surface area contributed by atoms with Crippen LogP contribution in [0.2, 0.25) is 0 Å². The predicted octanol–water partition coefficient (Wildman–Crippen LogP) is 0.119. The van der Waals surface area contributed by atoms with Crippen LogP contribution in [0.4, 0.5) is 0 Å². The second kappa shape index (κ2) is 7.43. The predicted molar refractivity (Wildman–Crippen MR) is 102 cm³/mol. The van der Waals surface area contributed by atoms with E-state index in [0.717, 1.165) is 16.4 Å². The molecule has 2 saturated heterocycles. The smallest absolute Gasteiger partial charge is 0.237 e. The Kier molecular flexibility index (Phi) is 5.70. The number of aryl methyl sites for hydroxylation is 1. The number of rotatable bonds is 6. The summed E-state index contributed by atoms with van der Waals surface area (Å²) in [7, 11) is -10.5. The van der Waals surface area contributed by atoms with Crippen LogP contribution in [-0.2, 0) is 36.1 Å². The molecule has 0 aliphatic carbocycles. The van der Waals surface area contributed by atoms with Crippen LogP contribution in [0.5, 0.6) is 0 Å². The molecule has 2 aliphatic rings. The Morgan fingerprint density at radius 3 is 2.07 bits per heavy atom. The van der Waals surface area contributed by atoms with Gasteiger partial charge in [-0.25, -0.2) is 30.7 Å². The molecule has 2 heterocycles. The average molecular weight is 437 g/mol. The van der Waals surface area contributed by atoms with Gasteiger partial charge in [-0.3, -0.25) is 0 Å². The molecule has 11 heteroatoms. The largest absolute Gasteiger partial charge is 0.256 e. The van der Waals surface area contributed by atoms with Crippen molar-refractivity contribution < 1.29 is 25.3 Å². The third-order valence-electron chi connectivity index (χ3n) is 4.97. The van der Waals surface area contributed by atoms with E-state index in [0.29, 0.717) is 6.42 Å². The maximum absolute atomic E-state index is 13.2. The quantitative estimate of drug-likeness (QED) is 0.629. The number of nitrogens with zero attached hydrogens (tertiary/aromatic N) is 1. The average Bonchev–Trinajstić information content (AvgIpc) is 3.13. The number of hydrogen-bond acceptors (Lipinski definition) is 7. The first-order chi connectivity index (χ1) is 12.5. The van der Waals surface area contributed by atoms with Crippen molar-refractivity contribution in [3.05, 3.63) is 29.8 Å². The number of sulfone groups is 2. The number of hydrogen-bond donors (Lipinski definition) is 1. The van der Waals surface area contributed by atoms with Crippen molar-refractivity contribution in [2.75, 3.05) is 23.0 Å². The normalized spacial score (nSPS) is 27.2. The van der Waals surface area contributed by atoms with Crippen molar-refractivity contribution in [2.45, 2.75) is 43.2 Å². The zero-order valence-corrected chi connectivity index (χ0v) is 17.5. The van der Waals surface area contributed by atoms with Crippen LogP contribution < -0.4 is 5.43 Å². The molecule has 2 atom stereocenters. The minimum absolute atomic E-state index is 0.00723. The molecule has 2 fully saturated rings. The summed E-state index contributed by atoms with van der Waals surface area (Å²) in [6.45, 7) is 1.96. The highest BCUT2D eigenvalue weighted by molar-refractivity contribution is 7.92. The van der Waals surface area contributed by atoms with E-state index in [9.17, 15) is 25.3 Å².